The second kappa shape index (κ2) is 6.23. The maximum absolute atomic E-state index is 11.7. The zero-order valence-electron chi connectivity index (χ0n) is 11.4. The van der Waals surface area contributed by atoms with Gasteiger partial charge in [0.05, 0.1) is 0 Å². The van der Waals surface area contributed by atoms with Crippen molar-refractivity contribution in [3.8, 4) is 0 Å². The number of carboxylic acids is 1. The Balaban J connectivity index is 4.36. The van der Waals surface area contributed by atoms with E-state index < -0.39 is 17.5 Å². The lowest BCUT2D eigenvalue weighted by Gasteiger charge is -2.25. The smallest absolute Gasteiger partial charge is 0.328 e. The van der Waals surface area contributed by atoms with Crippen LogP contribution in [0.25, 0.3) is 0 Å². The third kappa shape index (κ3) is 5.51. The average molecular weight is 259 g/mol. The number of aliphatic carboxylic acids is 1. The van der Waals surface area contributed by atoms with Gasteiger partial charge < -0.3 is 20.6 Å². The molecule has 104 valence electrons. The summed E-state index contributed by atoms with van der Waals surface area (Å²) in [5.74, 6) is -1.44. The zero-order valence-corrected chi connectivity index (χ0v) is 11.4. The lowest BCUT2D eigenvalue weighted by atomic mass is 10.1. The molecule has 0 bridgehead atoms. The summed E-state index contributed by atoms with van der Waals surface area (Å²) in [5.41, 5.74) is -1.38. The number of amides is 3. The molecule has 0 aromatic heterocycles. The first-order valence-corrected chi connectivity index (χ1v) is 5.62. The zero-order chi connectivity index (χ0) is 14.5. The molecule has 0 unspecified atom stereocenters. The van der Waals surface area contributed by atoms with Crippen LogP contribution in [0.15, 0.2) is 0 Å². The van der Waals surface area contributed by atoms with Gasteiger partial charge in [0, 0.05) is 13.1 Å². The molecule has 0 spiro atoms. The van der Waals surface area contributed by atoms with Crippen molar-refractivity contribution in [2.75, 3.05) is 13.6 Å². The number of nitrogens with zero attached hydrogens (tertiary/aromatic N) is 1. The first-order chi connectivity index (χ1) is 8.06. The van der Waals surface area contributed by atoms with Gasteiger partial charge in [-0.05, 0) is 27.7 Å². The molecule has 0 atom stereocenters. The highest BCUT2D eigenvalue weighted by molar-refractivity contribution is 5.88. The number of carboxylic acid groups (broad SMARTS) is 1. The molecule has 0 aromatic carbocycles. The molecule has 0 saturated heterocycles. The first kappa shape index (κ1) is 16.2. The van der Waals surface area contributed by atoms with Crippen LogP contribution in [0.3, 0.4) is 0 Å². The largest absolute Gasteiger partial charge is 0.480 e. The molecule has 0 radical (unpaired) electrons. The summed E-state index contributed by atoms with van der Waals surface area (Å²) in [4.78, 5) is 35.0. The molecular weight excluding hydrogens is 238 g/mol. The molecule has 0 aliphatic heterocycles. The molecule has 0 fully saturated rings. The standard InChI is InChI=1S/C11H21N3O4/c1-7(2)12-8(15)6-14(5)10(18)13-11(3,4)9(16)17/h7H,6H2,1-5H3,(H,12,15)(H,13,18)(H,16,17). The highest BCUT2D eigenvalue weighted by Gasteiger charge is 2.30. The molecule has 3 N–H and O–H groups in total. The van der Waals surface area contributed by atoms with Gasteiger partial charge in [-0.3, -0.25) is 4.79 Å². The molecule has 0 saturated carbocycles. The summed E-state index contributed by atoms with van der Waals surface area (Å²) < 4.78 is 0. The minimum Gasteiger partial charge on any atom is -0.480 e. The van der Waals surface area contributed by atoms with Crippen LogP contribution in [-0.4, -0.2) is 53.1 Å². The Hall–Kier alpha value is -1.79. The summed E-state index contributed by atoms with van der Waals surface area (Å²) >= 11 is 0. The van der Waals surface area contributed by atoms with Gasteiger partial charge in [0.2, 0.25) is 5.91 Å². The number of hydrogen-bond acceptors (Lipinski definition) is 3. The van der Waals surface area contributed by atoms with Crippen molar-refractivity contribution in [2.24, 2.45) is 0 Å². The molecule has 0 aromatic rings. The molecule has 3 amide bonds. The highest BCUT2D eigenvalue weighted by atomic mass is 16.4. The van der Waals surface area contributed by atoms with Crippen LogP contribution in [0.5, 0.6) is 0 Å². The summed E-state index contributed by atoms with van der Waals surface area (Å²) in [5, 5.41) is 13.8. The van der Waals surface area contributed by atoms with Crippen LogP contribution >= 0.6 is 0 Å². The molecule has 0 heterocycles. The number of urea groups is 1. The van der Waals surface area contributed by atoms with Crippen molar-refractivity contribution >= 4 is 17.9 Å². The van der Waals surface area contributed by atoms with Crippen molar-refractivity contribution in [3.05, 3.63) is 0 Å². The lowest BCUT2D eigenvalue weighted by Crippen LogP contribution is -2.54. The fraction of sp³-hybridized carbons (Fsp3) is 0.727. The van der Waals surface area contributed by atoms with Crippen molar-refractivity contribution in [3.63, 3.8) is 0 Å². The number of hydrogen-bond donors (Lipinski definition) is 3. The number of rotatable bonds is 5. The fourth-order valence-corrected chi connectivity index (χ4v) is 1.07. The third-order valence-corrected chi connectivity index (χ3v) is 2.13. The van der Waals surface area contributed by atoms with Gasteiger partial charge in [-0.15, -0.1) is 0 Å². The topological polar surface area (TPSA) is 98.7 Å². The van der Waals surface area contributed by atoms with E-state index >= 15 is 0 Å². The van der Waals surface area contributed by atoms with E-state index in [4.69, 9.17) is 5.11 Å². The second-order valence-electron chi connectivity index (χ2n) is 4.94. The monoisotopic (exact) mass is 259 g/mol. The quantitative estimate of drug-likeness (QED) is 0.648. The van der Waals surface area contributed by atoms with Gasteiger partial charge in [-0.2, -0.15) is 0 Å². The van der Waals surface area contributed by atoms with E-state index in [1.54, 1.807) is 0 Å². The highest BCUT2D eigenvalue weighted by Crippen LogP contribution is 2.02. The van der Waals surface area contributed by atoms with Crippen LogP contribution in [-0.2, 0) is 9.59 Å². The molecule has 0 aliphatic rings. The summed E-state index contributed by atoms with van der Waals surface area (Å²) in [6.07, 6.45) is 0. The molecule has 18 heavy (non-hydrogen) atoms. The Bertz CT molecular complexity index is 339. The van der Waals surface area contributed by atoms with Crippen molar-refractivity contribution in [2.45, 2.75) is 39.3 Å². The van der Waals surface area contributed by atoms with Gasteiger partial charge in [-0.25, -0.2) is 9.59 Å². The molecule has 0 aliphatic carbocycles. The Morgan fingerprint density at radius 2 is 1.78 bits per heavy atom. The predicted molar refractivity (Wildman–Crippen MR) is 66.2 cm³/mol. The Morgan fingerprint density at radius 1 is 1.28 bits per heavy atom. The number of carbonyl (C=O) groups is 3. The van der Waals surface area contributed by atoms with Crippen molar-refractivity contribution < 1.29 is 19.5 Å². The van der Waals surface area contributed by atoms with Gasteiger partial charge in [0.1, 0.15) is 12.1 Å². The van der Waals surface area contributed by atoms with Gasteiger partial charge >= 0.3 is 12.0 Å². The maximum Gasteiger partial charge on any atom is 0.328 e. The summed E-state index contributed by atoms with van der Waals surface area (Å²) in [6.45, 7) is 6.24. The van der Waals surface area contributed by atoms with Gasteiger partial charge in [0.15, 0.2) is 0 Å². The second-order valence-corrected chi connectivity index (χ2v) is 4.94. The van der Waals surface area contributed by atoms with Crippen LogP contribution < -0.4 is 10.6 Å². The minimum absolute atomic E-state index is 0.00979. The van der Waals surface area contributed by atoms with E-state index in [9.17, 15) is 14.4 Å². The van der Waals surface area contributed by atoms with Crippen molar-refractivity contribution in [1.29, 1.82) is 0 Å². The van der Waals surface area contributed by atoms with E-state index in [1.165, 1.54) is 20.9 Å². The predicted octanol–water partition coefficient (Wildman–Crippen LogP) is 0.0156. The summed E-state index contributed by atoms with van der Waals surface area (Å²) in [7, 11) is 1.42. The molecular formula is C11H21N3O4. The van der Waals surface area contributed by atoms with Crippen molar-refractivity contribution in [1.82, 2.24) is 15.5 Å². The number of likely N-dealkylation sites (N-methyl/N-ethyl adjacent to an activating group) is 1. The van der Waals surface area contributed by atoms with E-state index in [0.29, 0.717) is 0 Å². The lowest BCUT2D eigenvalue weighted by molar-refractivity contribution is -0.143. The normalized spacial score (nSPS) is 11.0. The SMILES string of the molecule is CC(C)NC(=O)CN(C)C(=O)NC(C)(C)C(=O)O. The van der Waals surface area contributed by atoms with E-state index in [2.05, 4.69) is 10.6 Å². The van der Waals surface area contributed by atoms with E-state index in [1.807, 2.05) is 13.8 Å². The summed E-state index contributed by atoms with van der Waals surface area (Å²) in [6, 6.07) is -0.620. The average Bonchev–Trinajstić information content (AvgIpc) is 2.14. The fourth-order valence-electron chi connectivity index (χ4n) is 1.07. The Morgan fingerprint density at radius 3 is 2.17 bits per heavy atom. The van der Waals surface area contributed by atoms with Gasteiger partial charge in [0.25, 0.3) is 0 Å². The molecule has 0 rings (SSSR count). The first-order valence-electron chi connectivity index (χ1n) is 5.62. The maximum atomic E-state index is 11.7. The molecule has 7 heteroatoms. The van der Waals surface area contributed by atoms with E-state index in [0.717, 1.165) is 4.90 Å². The third-order valence-electron chi connectivity index (χ3n) is 2.13. The Labute approximate surface area is 107 Å². The number of carbonyl (C=O) groups excluding carboxylic acids is 2. The number of nitrogens with one attached hydrogen (secondary N) is 2. The minimum atomic E-state index is -1.38. The van der Waals surface area contributed by atoms with Crippen LogP contribution in [0.4, 0.5) is 4.79 Å². The van der Waals surface area contributed by atoms with Gasteiger partial charge in [-0.1, -0.05) is 0 Å². The van der Waals surface area contributed by atoms with Crippen LogP contribution in [0.2, 0.25) is 0 Å². The van der Waals surface area contributed by atoms with Crippen LogP contribution in [0.1, 0.15) is 27.7 Å². The van der Waals surface area contributed by atoms with E-state index in [-0.39, 0.29) is 18.5 Å². The van der Waals surface area contributed by atoms with Crippen LogP contribution in [0, 0.1) is 0 Å². The Kier molecular flexibility index (Phi) is 5.61. The molecule has 7 nitrogen and oxygen atoms in total.